The molecule has 0 amide bonds. The number of aryl methyl sites for hydroxylation is 2. The van der Waals surface area contributed by atoms with E-state index in [2.05, 4.69) is 25.0 Å². The Labute approximate surface area is 201 Å². The van der Waals surface area contributed by atoms with Crippen LogP contribution in [0.2, 0.25) is 0 Å². The average molecular weight is 479 g/mol. The van der Waals surface area contributed by atoms with Crippen LogP contribution in [-0.2, 0) is 46.2 Å². The Morgan fingerprint density at radius 2 is 2.03 bits per heavy atom. The van der Waals surface area contributed by atoms with E-state index in [-0.39, 0.29) is 38.5 Å². The zero-order chi connectivity index (χ0) is 21.1. The molecule has 5 nitrogen and oxygen atoms in total. The summed E-state index contributed by atoms with van der Waals surface area (Å²) in [6, 6.07) is 12.0. The first kappa shape index (κ1) is 23.9. The molecule has 3 rings (SSSR count). The molecule has 30 heavy (non-hydrogen) atoms. The van der Waals surface area contributed by atoms with E-state index in [1.165, 1.54) is 12.1 Å². The van der Waals surface area contributed by atoms with Crippen molar-refractivity contribution in [2.75, 3.05) is 5.73 Å². The molecule has 1 atom stereocenters. The number of nitriles is 1. The van der Waals surface area contributed by atoms with Crippen molar-refractivity contribution in [1.82, 2.24) is 9.78 Å². The molecule has 1 radical (unpaired) electrons. The first-order valence-corrected chi connectivity index (χ1v) is 9.28. The third-order valence-electron chi connectivity index (χ3n) is 4.79. The van der Waals surface area contributed by atoms with Crippen LogP contribution in [0.5, 0.6) is 5.75 Å². The monoisotopic (exact) mass is 479 g/mol. The summed E-state index contributed by atoms with van der Waals surface area (Å²) >= 11 is 0. The molecule has 0 unspecified atom stereocenters. The van der Waals surface area contributed by atoms with E-state index in [0.717, 1.165) is 16.8 Å². The Hall–Kier alpha value is -2.36. The van der Waals surface area contributed by atoms with Crippen LogP contribution < -0.4 is 10.5 Å². The summed E-state index contributed by atoms with van der Waals surface area (Å²) in [5, 5.41) is 14.1. The van der Waals surface area contributed by atoms with E-state index in [0.29, 0.717) is 41.1 Å². The van der Waals surface area contributed by atoms with Gasteiger partial charge >= 0.3 is 0 Å². The largest absolute Gasteiger partial charge is 0.496 e. The molecule has 2 N–H and O–H groups in total. The summed E-state index contributed by atoms with van der Waals surface area (Å²) in [4.78, 5) is 0. The number of halogens is 1. The molecule has 0 saturated heterocycles. The van der Waals surface area contributed by atoms with Crippen molar-refractivity contribution in [3.8, 4) is 22.9 Å². The molecule has 2 aromatic carbocycles. The van der Waals surface area contributed by atoms with Gasteiger partial charge in [-0.15, -0.1) is 5.56 Å². The summed E-state index contributed by atoms with van der Waals surface area (Å²) in [5.74, 6) is 0.100. The molecule has 3 aromatic rings. The molecule has 0 bridgehead atoms. The van der Waals surface area contributed by atoms with Gasteiger partial charge in [0.05, 0.1) is 23.3 Å². The summed E-state index contributed by atoms with van der Waals surface area (Å²) in [5.41, 5.74) is 10.7. The Balaban J connectivity index is 0.00000320. The van der Waals surface area contributed by atoms with E-state index < -0.39 is 6.10 Å². The second-order valence-corrected chi connectivity index (χ2v) is 6.87. The van der Waals surface area contributed by atoms with Crippen molar-refractivity contribution in [3.63, 3.8) is 0 Å². The van der Waals surface area contributed by atoms with Crippen LogP contribution in [-0.4, -0.2) is 9.78 Å². The van der Waals surface area contributed by atoms with Crippen LogP contribution in [0.3, 0.4) is 0 Å². The quantitative estimate of drug-likeness (QED) is 0.408. The third-order valence-corrected chi connectivity index (χ3v) is 4.79. The van der Waals surface area contributed by atoms with Crippen molar-refractivity contribution < 1.29 is 41.8 Å². The molecule has 1 aromatic heterocycles. The van der Waals surface area contributed by atoms with E-state index in [4.69, 9.17) is 10.5 Å². The third kappa shape index (κ3) is 4.85. The standard InChI is InChI=1S/C23H23FN4O.Y/c1-5-6-20-23(21(13-25)28(4)27-20)16-8-10-19(26)22(11-16)29-15(3)18-12-17(24)9-7-14(18)2;/h7-12,15H,1-2,5-6,26H2,3-4H3;/q-2;/t15-;/m1./s1. The number of benzene rings is 2. The number of nitrogens with two attached hydrogens (primary N) is 1. The average Bonchev–Trinajstić information content (AvgIpc) is 3.00. The van der Waals surface area contributed by atoms with Gasteiger partial charge in [-0.3, -0.25) is 4.68 Å². The Bertz CT molecular complexity index is 1090. The summed E-state index contributed by atoms with van der Waals surface area (Å²) in [7, 11) is 1.74. The Morgan fingerprint density at radius 1 is 1.30 bits per heavy atom. The molecule has 0 saturated carbocycles. The first-order chi connectivity index (χ1) is 13.8. The smallest absolute Gasteiger partial charge is 0.146 e. The molecule has 0 aliphatic carbocycles. The van der Waals surface area contributed by atoms with Crippen LogP contribution in [0.15, 0.2) is 36.4 Å². The number of rotatable bonds is 6. The maximum atomic E-state index is 13.7. The number of ether oxygens (including phenoxy) is 1. The van der Waals surface area contributed by atoms with Crippen molar-refractivity contribution in [1.29, 1.82) is 5.26 Å². The van der Waals surface area contributed by atoms with Gasteiger partial charge in [0, 0.05) is 45.3 Å². The van der Waals surface area contributed by atoms with Crippen LogP contribution in [0, 0.1) is 31.0 Å². The van der Waals surface area contributed by atoms with E-state index in [1.807, 2.05) is 13.0 Å². The van der Waals surface area contributed by atoms with E-state index in [9.17, 15) is 9.65 Å². The number of anilines is 1. The number of hydrogen-bond acceptors (Lipinski definition) is 4. The molecule has 1 heterocycles. The Morgan fingerprint density at radius 3 is 2.70 bits per heavy atom. The molecular formula is C23H23FN4OY-2. The van der Waals surface area contributed by atoms with Gasteiger partial charge in [-0.25, -0.2) is 4.39 Å². The second-order valence-electron chi connectivity index (χ2n) is 6.87. The zero-order valence-electron chi connectivity index (χ0n) is 17.2. The van der Waals surface area contributed by atoms with Crippen molar-refractivity contribution in [3.05, 3.63) is 78.6 Å². The summed E-state index contributed by atoms with van der Waals surface area (Å²) < 4.78 is 21.3. The molecule has 0 aliphatic heterocycles. The second kappa shape index (κ2) is 10.1. The number of nitrogens with zero attached hydrogens (tertiary/aromatic N) is 3. The molecule has 153 valence electrons. The van der Waals surface area contributed by atoms with Crippen LogP contribution in [0.25, 0.3) is 11.1 Å². The number of aromatic nitrogens is 2. The fraction of sp³-hybridized carbons (Fsp3) is 0.217. The van der Waals surface area contributed by atoms with Gasteiger partial charge in [0.15, 0.2) is 0 Å². The molecule has 0 spiro atoms. The maximum Gasteiger partial charge on any atom is 0.146 e. The van der Waals surface area contributed by atoms with Gasteiger partial charge < -0.3 is 17.4 Å². The molecule has 0 fully saturated rings. The van der Waals surface area contributed by atoms with Gasteiger partial charge in [0.2, 0.25) is 0 Å². The van der Waals surface area contributed by atoms with Gasteiger partial charge in [0.25, 0.3) is 0 Å². The first-order valence-electron chi connectivity index (χ1n) is 9.28. The topological polar surface area (TPSA) is 76.9 Å². The SMILES string of the molecule is [CH2-]CCc1nn(C)c(C#N)c1-c1ccc(N)c(O[C@H](C)c2cc(F)ccc2[CH2-])c1.[Y]. The minimum atomic E-state index is -0.459. The van der Waals surface area contributed by atoms with Gasteiger partial charge in [0.1, 0.15) is 17.5 Å². The van der Waals surface area contributed by atoms with Gasteiger partial charge in [-0.1, -0.05) is 18.2 Å². The fourth-order valence-corrected chi connectivity index (χ4v) is 3.34. The Kier molecular flexibility index (Phi) is 8.06. The van der Waals surface area contributed by atoms with Crippen LogP contribution >= 0.6 is 0 Å². The molecule has 0 aliphatic rings. The van der Waals surface area contributed by atoms with Crippen LogP contribution in [0.1, 0.15) is 42.0 Å². The minimum Gasteiger partial charge on any atom is -0.496 e. The minimum absolute atomic E-state index is 0. The van der Waals surface area contributed by atoms with Crippen LogP contribution in [0.4, 0.5) is 10.1 Å². The molecule has 7 heteroatoms. The van der Waals surface area contributed by atoms with Crippen molar-refractivity contribution in [2.45, 2.75) is 25.9 Å². The van der Waals surface area contributed by atoms with E-state index in [1.54, 1.807) is 29.9 Å². The fourth-order valence-electron chi connectivity index (χ4n) is 3.34. The van der Waals surface area contributed by atoms with Gasteiger partial charge in [-0.05, 0) is 31.0 Å². The van der Waals surface area contributed by atoms with Crippen molar-refractivity contribution >= 4 is 5.69 Å². The predicted octanol–water partition coefficient (Wildman–Crippen LogP) is 4.77. The predicted molar refractivity (Wildman–Crippen MR) is 111 cm³/mol. The van der Waals surface area contributed by atoms with Crippen molar-refractivity contribution in [2.24, 2.45) is 7.05 Å². The number of hydrogen-bond donors (Lipinski definition) is 1. The number of nitrogen functional groups attached to an aromatic ring is 1. The molecular weight excluding hydrogens is 456 g/mol. The maximum absolute atomic E-state index is 13.7. The zero-order valence-corrected chi connectivity index (χ0v) is 20.0. The van der Waals surface area contributed by atoms with E-state index >= 15 is 0 Å². The summed E-state index contributed by atoms with van der Waals surface area (Å²) in [6.07, 6.45) is 0.853. The normalized spacial score (nSPS) is 11.4. The summed E-state index contributed by atoms with van der Waals surface area (Å²) in [6.45, 7) is 9.64. The van der Waals surface area contributed by atoms with Gasteiger partial charge in [-0.2, -0.15) is 35.3 Å².